The maximum Gasteiger partial charge on any atom is 0.340 e. The number of carbonyl (C=O) groups is 3. The number of nitrogens with one attached hydrogen (secondary N) is 1. The van der Waals surface area contributed by atoms with E-state index in [0.29, 0.717) is 16.8 Å². The summed E-state index contributed by atoms with van der Waals surface area (Å²) in [5, 5.41) is 0. The number of hydrogen-bond acceptors (Lipinski definition) is 5. The van der Waals surface area contributed by atoms with E-state index in [9.17, 15) is 14.4 Å². The molecule has 0 saturated carbocycles. The van der Waals surface area contributed by atoms with Crippen molar-refractivity contribution in [1.29, 1.82) is 0 Å². The molecule has 1 amide bonds. The molecule has 1 aromatic heterocycles. The quantitative estimate of drug-likeness (QED) is 0.739. The number of nitrogens with zero attached hydrogens (tertiary/aromatic N) is 1. The van der Waals surface area contributed by atoms with E-state index >= 15 is 0 Å². The molecular weight excluding hydrogens is 360 g/mol. The Morgan fingerprint density at radius 2 is 1.75 bits per heavy atom. The van der Waals surface area contributed by atoms with Gasteiger partial charge in [0.25, 0.3) is 5.91 Å². The number of ether oxygens (including phenoxy) is 2. The second-order valence-corrected chi connectivity index (χ2v) is 6.80. The fraction of sp³-hybridized carbons (Fsp3) is 0.381. The highest BCUT2D eigenvalue weighted by Gasteiger charge is 2.27. The van der Waals surface area contributed by atoms with Gasteiger partial charge in [-0.2, -0.15) is 0 Å². The highest BCUT2D eigenvalue weighted by Crippen LogP contribution is 2.22. The van der Waals surface area contributed by atoms with Crippen molar-refractivity contribution in [3.05, 3.63) is 58.4 Å². The zero-order valence-corrected chi connectivity index (χ0v) is 16.9. The molecule has 0 fully saturated rings. The Kier molecular flexibility index (Phi) is 6.98. The van der Waals surface area contributed by atoms with Crippen LogP contribution < -0.4 is 0 Å². The van der Waals surface area contributed by atoms with Gasteiger partial charge in [-0.1, -0.05) is 30.3 Å². The van der Waals surface area contributed by atoms with E-state index in [1.54, 1.807) is 27.7 Å². The molecule has 0 saturated heterocycles. The molecule has 0 spiro atoms. The van der Waals surface area contributed by atoms with E-state index in [1.165, 1.54) is 12.0 Å². The highest BCUT2D eigenvalue weighted by molar-refractivity contribution is 6.01. The molecule has 0 aliphatic heterocycles. The lowest BCUT2D eigenvalue weighted by Gasteiger charge is -2.21. The van der Waals surface area contributed by atoms with Gasteiger partial charge in [-0.05, 0) is 38.8 Å². The number of carbonyl (C=O) groups excluding carboxylic acids is 3. The molecule has 1 heterocycles. The first-order chi connectivity index (χ1) is 13.2. The van der Waals surface area contributed by atoms with Crippen molar-refractivity contribution in [1.82, 2.24) is 9.88 Å². The molecule has 2 aromatic rings. The van der Waals surface area contributed by atoms with E-state index in [2.05, 4.69) is 4.98 Å². The standard InChI is InChI=1S/C21H26N2O5/c1-13(2)28-21(26)18-14(3)19(22-15(18)4)20(25)23(12-17(24)27-5)11-16-9-7-6-8-10-16/h6-10,13,22H,11-12H2,1-5H3. The van der Waals surface area contributed by atoms with Crippen molar-refractivity contribution < 1.29 is 23.9 Å². The minimum atomic E-state index is -0.523. The molecule has 0 radical (unpaired) electrons. The van der Waals surface area contributed by atoms with Gasteiger partial charge in [0.2, 0.25) is 0 Å². The number of aryl methyl sites for hydroxylation is 1. The molecule has 150 valence electrons. The number of H-pyrrole nitrogens is 1. The normalized spacial score (nSPS) is 10.6. The van der Waals surface area contributed by atoms with Crippen LogP contribution in [-0.2, 0) is 20.8 Å². The van der Waals surface area contributed by atoms with Crippen LogP contribution in [0.5, 0.6) is 0 Å². The summed E-state index contributed by atoms with van der Waals surface area (Å²) >= 11 is 0. The average Bonchev–Trinajstić information content (AvgIpc) is 2.95. The summed E-state index contributed by atoms with van der Waals surface area (Å²) in [6, 6.07) is 9.34. The van der Waals surface area contributed by atoms with E-state index < -0.39 is 17.8 Å². The van der Waals surface area contributed by atoms with Crippen LogP contribution in [0.4, 0.5) is 0 Å². The Labute approximate surface area is 164 Å². The van der Waals surface area contributed by atoms with Crippen LogP contribution in [0.1, 0.15) is 51.5 Å². The molecule has 1 aromatic carbocycles. The number of aromatic nitrogens is 1. The number of hydrogen-bond donors (Lipinski definition) is 1. The van der Waals surface area contributed by atoms with Crippen molar-refractivity contribution in [3.8, 4) is 0 Å². The average molecular weight is 386 g/mol. The Bertz CT molecular complexity index is 855. The van der Waals surface area contributed by atoms with Crippen LogP contribution in [0.3, 0.4) is 0 Å². The van der Waals surface area contributed by atoms with Gasteiger partial charge >= 0.3 is 11.9 Å². The first-order valence-corrected chi connectivity index (χ1v) is 9.04. The molecule has 28 heavy (non-hydrogen) atoms. The smallest absolute Gasteiger partial charge is 0.340 e. The lowest BCUT2D eigenvalue weighted by molar-refractivity contribution is -0.141. The van der Waals surface area contributed by atoms with Gasteiger partial charge in [0, 0.05) is 12.2 Å². The summed E-state index contributed by atoms with van der Waals surface area (Å²) in [7, 11) is 1.28. The molecule has 7 heteroatoms. The third-order valence-corrected chi connectivity index (χ3v) is 4.25. The number of amides is 1. The molecule has 0 unspecified atom stereocenters. The van der Waals surface area contributed by atoms with E-state index in [0.717, 1.165) is 5.56 Å². The molecular formula is C21H26N2O5. The second kappa shape index (κ2) is 9.21. The number of rotatable bonds is 7. The van der Waals surface area contributed by atoms with Gasteiger partial charge in [-0.15, -0.1) is 0 Å². The summed E-state index contributed by atoms with van der Waals surface area (Å²) in [6.45, 7) is 6.96. The summed E-state index contributed by atoms with van der Waals surface area (Å²) in [4.78, 5) is 41.7. The Hall–Kier alpha value is -3.09. The first-order valence-electron chi connectivity index (χ1n) is 9.04. The maximum absolute atomic E-state index is 13.2. The fourth-order valence-corrected chi connectivity index (χ4v) is 2.92. The van der Waals surface area contributed by atoms with Crippen molar-refractivity contribution >= 4 is 17.8 Å². The van der Waals surface area contributed by atoms with Gasteiger partial charge in [0.15, 0.2) is 0 Å². The zero-order chi connectivity index (χ0) is 20.8. The Morgan fingerprint density at radius 3 is 2.32 bits per heavy atom. The van der Waals surface area contributed by atoms with Gasteiger partial charge in [0.1, 0.15) is 12.2 Å². The minimum absolute atomic E-state index is 0.201. The van der Waals surface area contributed by atoms with Crippen LogP contribution >= 0.6 is 0 Å². The molecule has 7 nitrogen and oxygen atoms in total. The predicted octanol–water partition coefficient (Wildman–Crippen LogP) is 3.01. The van der Waals surface area contributed by atoms with Gasteiger partial charge in [0.05, 0.1) is 18.8 Å². The van der Waals surface area contributed by atoms with E-state index in [1.807, 2.05) is 30.3 Å². The minimum Gasteiger partial charge on any atom is -0.468 e. The summed E-state index contributed by atoms with van der Waals surface area (Å²) < 4.78 is 10.00. The first kappa shape index (κ1) is 21.2. The van der Waals surface area contributed by atoms with E-state index in [4.69, 9.17) is 9.47 Å². The predicted molar refractivity (Wildman–Crippen MR) is 104 cm³/mol. The summed E-state index contributed by atoms with van der Waals surface area (Å²) in [6.07, 6.45) is -0.269. The topological polar surface area (TPSA) is 88.7 Å². The molecule has 1 N–H and O–H groups in total. The van der Waals surface area contributed by atoms with Crippen LogP contribution in [0.2, 0.25) is 0 Å². The third kappa shape index (κ3) is 5.00. The lowest BCUT2D eigenvalue weighted by Crippen LogP contribution is -2.36. The van der Waals surface area contributed by atoms with E-state index in [-0.39, 0.29) is 24.9 Å². The Balaban J connectivity index is 2.35. The molecule has 0 atom stereocenters. The highest BCUT2D eigenvalue weighted by atomic mass is 16.5. The SMILES string of the molecule is COC(=O)CN(Cc1ccccc1)C(=O)c1[nH]c(C)c(C(=O)OC(C)C)c1C. The molecule has 0 aliphatic rings. The third-order valence-electron chi connectivity index (χ3n) is 4.25. The number of benzene rings is 1. The monoisotopic (exact) mass is 386 g/mol. The molecule has 0 bridgehead atoms. The van der Waals surface area contributed by atoms with Crippen molar-refractivity contribution in [3.63, 3.8) is 0 Å². The van der Waals surface area contributed by atoms with Gasteiger partial charge in [-0.25, -0.2) is 4.79 Å². The number of methoxy groups -OCH3 is 1. The number of aromatic amines is 1. The van der Waals surface area contributed by atoms with Crippen LogP contribution in [0.15, 0.2) is 30.3 Å². The molecule has 0 aliphatic carbocycles. The zero-order valence-electron chi connectivity index (χ0n) is 16.9. The largest absolute Gasteiger partial charge is 0.468 e. The Morgan fingerprint density at radius 1 is 1.11 bits per heavy atom. The van der Waals surface area contributed by atoms with Crippen LogP contribution in [-0.4, -0.2) is 47.5 Å². The molecule has 2 rings (SSSR count). The van der Waals surface area contributed by atoms with Gasteiger partial charge < -0.3 is 19.4 Å². The number of esters is 2. The second-order valence-electron chi connectivity index (χ2n) is 6.80. The summed E-state index contributed by atoms with van der Waals surface area (Å²) in [5.41, 5.74) is 2.52. The van der Waals surface area contributed by atoms with Crippen molar-refractivity contribution in [2.24, 2.45) is 0 Å². The lowest BCUT2D eigenvalue weighted by atomic mass is 10.1. The van der Waals surface area contributed by atoms with Crippen molar-refractivity contribution in [2.45, 2.75) is 40.3 Å². The van der Waals surface area contributed by atoms with Crippen molar-refractivity contribution in [2.75, 3.05) is 13.7 Å². The maximum atomic E-state index is 13.2. The fourth-order valence-electron chi connectivity index (χ4n) is 2.92. The van der Waals surface area contributed by atoms with Crippen LogP contribution in [0.25, 0.3) is 0 Å². The van der Waals surface area contributed by atoms with Crippen LogP contribution in [0, 0.1) is 13.8 Å². The summed E-state index contributed by atoms with van der Waals surface area (Å²) in [5.74, 6) is -1.40. The van der Waals surface area contributed by atoms with Gasteiger partial charge in [-0.3, -0.25) is 9.59 Å².